The molecule has 0 aliphatic rings. The van der Waals surface area contributed by atoms with Crippen molar-refractivity contribution in [3.63, 3.8) is 0 Å². The highest BCUT2D eigenvalue weighted by atomic mass is 32.1. The summed E-state index contributed by atoms with van der Waals surface area (Å²) in [5.74, 6) is -0.308. The van der Waals surface area contributed by atoms with Gasteiger partial charge in [0.25, 0.3) is 5.56 Å². The Kier molecular flexibility index (Phi) is 3.05. The Labute approximate surface area is 117 Å². The number of thiophene rings is 1. The fourth-order valence-electron chi connectivity index (χ4n) is 1.96. The highest BCUT2D eigenvalue weighted by Crippen LogP contribution is 2.30. The summed E-state index contributed by atoms with van der Waals surface area (Å²) < 4.78 is 14.7. The first-order chi connectivity index (χ1) is 9.70. The van der Waals surface area contributed by atoms with Gasteiger partial charge in [0, 0.05) is 10.9 Å². The maximum absolute atomic E-state index is 12.9. The fraction of sp³-hybridized carbons (Fsp3) is 0.0714. The van der Waals surface area contributed by atoms with Gasteiger partial charge in [-0.1, -0.05) is 12.1 Å². The molecule has 0 spiro atoms. The van der Waals surface area contributed by atoms with Crippen molar-refractivity contribution < 1.29 is 4.39 Å². The summed E-state index contributed by atoms with van der Waals surface area (Å²) in [5.41, 5.74) is 1.96. The van der Waals surface area contributed by atoms with Crippen molar-refractivity contribution >= 4 is 21.6 Å². The summed E-state index contributed by atoms with van der Waals surface area (Å²) in [6, 6.07) is 7.97. The molecule has 4 nitrogen and oxygen atoms in total. The average molecular weight is 285 g/mol. The van der Waals surface area contributed by atoms with Crippen LogP contribution in [0, 0.1) is 17.1 Å². The molecule has 3 rings (SSSR count). The number of benzene rings is 1. The van der Waals surface area contributed by atoms with E-state index in [1.807, 2.05) is 11.4 Å². The first-order valence-corrected chi connectivity index (χ1v) is 6.68. The maximum atomic E-state index is 12.9. The Balaban J connectivity index is 2.20. The SMILES string of the molecule is N#CCn1cnc2c(-c3ccc(F)cc3)csc2c1=O. The molecule has 2 heterocycles. The van der Waals surface area contributed by atoms with Crippen molar-refractivity contribution in [2.24, 2.45) is 0 Å². The number of aromatic nitrogens is 2. The second kappa shape index (κ2) is 4.87. The predicted octanol–water partition coefficient (Wildman–Crippen LogP) is 2.79. The molecule has 20 heavy (non-hydrogen) atoms. The molecular formula is C14H8FN3OS. The molecule has 0 fully saturated rings. The summed E-state index contributed by atoms with van der Waals surface area (Å²) in [4.78, 5) is 16.4. The van der Waals surface area contributed by atoms with Gasteiger partial charge >= 0.3 is 0 Å². The van der Waals surface area contributed by atoms with Crippen LogP contribution in [0.5, 0.6) is 0 Å². The van der Waals surface area contributed by atoms with Crippen LogP contribution in [-0.4, -0.2) is 9.55 Å². The van der Waals surface area contributed by atoms with Crippen LogP contribution in [-0.2, 0) is 6.54 Å². The van der Waals surface area contributed by atoms with Crippen LogP contribution in [0.25, 0.3) is 21.3 Å². The van der Waals surface area contributed by atoms with Crippen molar-refractivity contribution in [2.45, 2.75) is 6.54 Å². The average Bonchev–Trinajstić information content (AvgIpc) is 2.88. The van der Waals surface area contributed by atoms with E-state index >= 15 is 0 Å². The van der Waals surface area contributed by atoms with Crippen LogP contribution < -0.4 is 5.56 Å². The van der Waals surface area contributed by atoms with E-state index in [0.29, 0.717) is 10.2 Å². The standard InChI is InChI=1S/C14H8FN3OS/c15-10-3-1-9(2-4-10)11-7-20-13-12(11)17-8-18(6-5-16)14(13)19/h1-4,7-8H,6H2. The molecule has 98 valence electrons. The van der Waals surface area contributed by atoms with E-state index in [1.165, 1.54) is 34.4 Å². The number of halogens is 1. The Hall–Kier alpha value is -2.52. The lowest BCUT2D eigenvalue weighted by Crippen LogP contribution is -2.18. The summed E-state index contributed by atoms with van der Waals surface area (Å²) in [5, 5.41) is 10.5. The zero-order chi connectivity index (χ0) is 14.1. The molecule has 1 aromatic carbocycles. The topological polar surface area (TPSA) is 58.7 Å². The van der Waals surface area contributed by atoms with Crippen LogP contribution in [0.3, 0.4) is 0 Å². The number of nitrogens with zero attached hydrogens (tertiary/aromatic N) is 3. The normalized spacial score (nSPS) is 10.6. The largest absolute Gasteiger partial charge is 0.284 e. The van der Waals surface area contributed by atoms with Gasteiger partial charge in [0.2, 0.25) is 0 Å². The molecule has 0 saturated carbocycles. The molecule has 0 bridgehead atoms. The third kappa shape index (κ3) is 1.98. The van der Waals surface area contributed by atoms with Gasteiger partial charge in [-0.15, -0.1) is 11.3 Å². The van der Waals surface area contributed by atoms with Crippen LogP contribution in [0.15, 0.2) is 40.8 Å². The van der Waals surface area contributed by atoms with E-state index in [4.69, 9.17) is 5.26 Å². The lowest BCUT2D eigenvalue weighted by atomic mass is 10.1. The lowest BCUT2D eigenvalue weighted by Gasteiger charge is -2.01. The third-order valence-corrected chi connectivity index (χ3v) is 3.90. The van der Waals surface area contributed by atoms with Crippen LogP contribution >= 0.6 is 11.3 Å². The van der Waals surface area contributed by atoms with Gasteiger partial charge in [0.05, 0.1) is 17.9 Å². The zero-order valence-corrected chi connectivity index (χ0v) is 11.0. The first-order valence-electron chi connectivity index (χ1n) is 5.80. The molecule has 0 unspecified atom stereocenters. The van der Waals surface area contributed by atoms with Gasteiger partial charge in [0.15, 0.2) is 0 Å². The van der Waals surface area contributed by atoms with Gasteiger partial charge < -0.3 is 0 Å². The van der Waals surface area contributed by atoms with Crippen LogP contribution in [0.1, 0.15) is 0 Å². The summed E-state index contributed by atoms with van der Waals surface area (Å²) in [7, 11) is 0. The molecule has 2 aromatic heterocycles. The second-order valence-corrected chi connectivity index (χ2v) is 5.05. The maximum Gasteiger partial charge on any atom is 0.272 e. The molecule has 3 aromatic rings. The van der Waals surface area contributed by atoms with Gasteiger partial charge in [-0.3, -0.25) is 9.36 Å². The van der Waals surface area contributed by atoms with E-state index in [0.717, 1.165) is 11.1 Å². The Morgan fingerprint density at radius 3 is 2.80 bits per heavy atom. The van der Waals surface area contributed by atoms with Gasteiger partial charge in [-0.05, 0) is 17.7 Å². The molecule has 0 N–H and O–H groups in total. The van der Waals surface area contributed by atoms with Crippen molar-refractivity contribution in [3.8, 4) is 17.2 Å². The molecule has 0 amide bonds. The molecular weight excluding hydrogens is 277 g/mol. The van der Waals surface area contributed by atoms with Gasteiger partial charge in [-0.25, -0.2) is 9.37 Å². The number of fused-ring (bicyclic) bond motifs is 1. The quantitative estimate of drug-likeness (QED) is 0.727. The molecule has 6 heteroatoms. The second-order valence-electron chi connectivity index (χ2n) is 4.17. The van der Waals surface area contributed by atoms with Gasteiger partial charge in [-0.2, -0.15) is 5.26 Å². The Bertz CT molecular complexity index is 874. The number of hydrogen-bond acceptors (Lipinski definition) is 4. The van der Waals surface area contributed by atoms with E-state index in [2.05, 4.69) is 4.98 Å². The number of rotatable bonds is 2. The fourth-order valence-corrected chi connectivity index (χ4v) is 2.94. The minimum absolute atomic E-state index is 0.0223. The smallest absolute Gasteiger partial charge is 0.272 e. The van der Waals surface area contributed by atoms with Gasteiger partial charge in [0.1, 0.15) is 17.1 Å². The van der Waals surface area contributed by atoms with E-state index in [1.54, 1.807) is 12.1 Å². The number of nitriles is 1. The Morgan fingerprint density at radius 1 is 1.35 bits per heavy atom. The molecule has 0 aliphatic heterocycles. The van der Waals surface area contributed by atoms with Crippen molar-refractivity contribution in [3.05, 3.63) is 52.1 Å². The Morgan fingerprint density at radius 2 is 2.10 bits per heavy atom. The number of hydrogen-bond donors (Lipinski definition) is 0. The third-order valence-electron chi connectivity index (χ3n) is 2.94. The molecule has 0 saturated heterocycles. The summed E-state index contributed by atoms with van der Waals surface area (Å²) >= 11 is 1.28. The van der Waals surface area contributed by atoms with Crippen molar-refractivity contribution in [1.82, 2.24) is 9.55 Å². The molecule has 0 aliphatic carbocycles. The van der Waals surface area contributed by atoms with Crippen LogP contribution in [0.2, 0.25) is 0 Å². The van der Waals surface area contributed by atoms with Crippen LogP contribution in [0.4, 0.5) is 4.39 Å². The van der Waals surface area contributed by atoms with E-state index < -0.39 is 0 Å². The van der Waals surface area contributed by atoms with Crippen molar-refractivity contribution in [1.29, 1.82) is 5.26 Å². The van der Waals surface area contributed by atoms with Crippen molar-refractivity contribution in [2.75, 3.05) is 0 Å². The summed E-state index contributed by atoms with van der Waals surface area (Å²) in [6.45, 7) is -0.0223. The summed E-state index contributed by atoms with van der Waals surface area (Å²) in [6.07, 6.45) is 1.37. The minimum Gasteiger partial charge on any atom is -0.284 e. The monoisotopic (exact) mass is 285 g/mol. The molecule has 0 atom stereocenters. The van der Waals surface area contributed by atoms with E-state index in [-0.39, 0.29) is 17.9 Å². The zero-order valence-electron chi connectivity index (χ0n) is 10.2. The lowest BCUT2D eigenvalue weighted by molar-refractivity contribution is 0.628. The molecule has 0 radical (unpaired) electrons. The highest BCUT2D eigenvalue weighted by molar-refractivity contribution is 7.17. The minimum atomic E-state index is -0.308. The highest BCUT2D eigenvalue weighted by Gasteiger charge is 2.12. The predicted molar refractivity (Wildman–Crippen MR) is 74.9 cm³/mol. The first kappa shape index (κ1) is 12.5. The van der Waals surface area contributed by atoms with E-state index in [9.17, 15) is 9.18 Å².